The van der Waals surface area contributed by atoms with E-state index in [-0.39, 0.29) is 0 Å². The first-order chi connectivity index (χ1) is 6.02. The second-order valence-corrected chi connectivity index (χ2v) is 11.1. The highest BCUT2D eigenvalue weighted by atomic mass is 80.0. The van der Waals surface area contributed by atoms with Crippen LogP contribution in [0.1, 0.15) is 6.92 Å². The first kappa shape index (κ1) is 15.5. The van der Waals surface area contributed by atoms with E-state index < -0.39 is 12.1 Å². The maximum absolute atomic E-state index is 11.1. The van der Waals surface area contributed by atoms with Crippen LogP contribution in [0, 0.1) is 0 Å². The lowest BCUT2D eigenvalue weighted by atomic mass is 10.3. The summed E-state index contributed by atoms with van der Waals surface area (Å²) in [6.45, 7) is 1.68. The molecule has 14 heavy (non-hydrogen) atoms. The highest BCUT2D eigenvalue weighted by molar-refractivity contribution is 9.39. The molecule has 0 rings (SSSR count). The van der Waals surface area contributed by atoms with Crippen molar-refractivity contribution in [2.24, 2.45) is 0 Å². The number of allylic oxidation sites excluding steroid dienone is 1. The van der Waals surface area contributed by atoms with Gasteiger partial charge in [0, 0.05) is 6.08 Å². The standard InChI is InChI=1S/C6H4Br3Cl3O2/c1-3(5(7,8)9)2-4(13)14-6(10,11)12/h2H,1H3/b3-2-. The van der Waals surface area contributed by atoms with Crippen LogP contribution in [0.25, 0.3) is 0 Å². The van der Waals surface area contributed by atoms with Crippen LogP contribution < -0.4 is 0 Å². The predicted molar refractivity (Wildman–Crippen MR) is 69.7 cm³/mol. The summed E-state index contributed by atoms with van der Waals surface area (Å²) in [5.74, 6) is -0.745. The second kappa shape index (κ2) is 5.73. The monoisotopic (exact) mass is 450 g/mol. The Hall–Kier alpha value is 1.52. The number of esters is 1. The minimum atomic E-state index is -2.04. The second-order valence-electron chi connectivity index (χ2n) is 2.19. The zero-order valence-corrected chi connectivity index (χ0v) is 13.7. The van der Waals surface area contributed by atoms with Gasteiger partial charge in [0.2, 0.25) is 0 Å². The summed E-state index contributed by atoms with van der Waals surface area (Å²) in [5, 5.41) is 0. The van der Waals surface area contributed by atoms with Gasteiger partial charge in [-0.25, -0.2) is 4.79 Å². The Morgan fingerprint density at radius 1 is 1.29 bits per heavy atom. The Kier molecular flexibility index (Phi) is 6.35. The van der Waals surface area contributed by atoms with E-state index in [1.54, 1.807) is 6.92 Å². The molecule has 0 saturated heterocycles. The van der Waals surface area contributed by atoms with Crippen LogP contribution >= 0.6 is 82.6 Å². The van der Waals surface area contributed by atoms with Gasteiger partial charge >= 0.3 is 9.95 Å². The largest absolute Gasteiger partial charge is 0.411 e. The number of hydrogen-bond donors (Lipinski definition) is 0. The third-order valence-electron chi connectivity index (χ3n) is 0.998. The summed E-state index contributed by atoms with van der Waals surface area (Å²) < 4.78 is 1.71. The molecular weight excluding hydrogens is 450 g/mol. The molecule has 2 nitrogen and oxygen atoms in total. The molecule has 0 amide bonds. The molecule has 0 bridgehead atoms. The van der Waals surface area contributed by atoms with Crippen LogP contribution in [-0.2, 0) is 9.53 Å². The fourth-order valence-electron chi connectivity index (χ4n) is 0.402. The average molecular weight is 454 g/mol. The van der Waals surface area contributed by atoms with Gasteiger partial charge in [-0.2, -0.15) is 0 Å². The predicted octanol–water partition coefficient (Wildman–Crippen LogP) is 4.64. The van der Waals surface area contributed by atoms with E-state index in [4.69, 9.17) is 34.8 Å². The van der Waals surface area contributed by atoms with Crippen LogP contribution in [0.5, 0.6) is 0 Å². The average Bonchev–Trinajstić information content (AvgIpc) is 1.79. The highest BCUT2D eigenvalue weighted by Gasteiger charge is 2.26. The molecule has 0 aromatic rings. The SMILES string of the molecule is C/C(=C/C(=O)OC(Cl)(Cl)Cl)C(Br)(Br)Br. The summed E-state index contributed by atoms with van der Waals surface area (Å²) >= 11 is 25.4. The summed E-state index contributed by atoms with van der Waals surface area (Å²) in [6, 6.07) is 0. The van der Waals surface area contributed by atoms with E-state index in [0.717, 1.165) is 0 Å². The molecule has 8 heteroatoms. The molecule has 0 saturated carbocycles. The first-order valence-electron chi connectivity index (χ1n) is 3.07. The van der Waals surface area contributed by atoms with Gasteiger partial charge in [-0.1, -0.05) is 47.8 Å². The Labute approximate surface area is 122 Å². The van der Waals surface area contributed by atoms with Crippen LogP contribution in [0.15, 0.2) is 11.6 Å². The van der Waals surface area contributed by atoms with Gasteiger partial charge in [0.25, 0.3) is 0 Å². The molecular formula is C6H4Br3Cl3O2. The Bertz CT molecular complexity index is 254. The molecule has 0 aromatic heterocycles. The molecule has 82 valence electrons. The molecule has 0 radical (unpaired) electrons. The number of carbonyl (C=O) groups excluding carboxylic acids is 1. The lowest BCUT2D eigenvalue weighted by molar-refractivity contribution is -0.138. The van der Waals surface area contributed by atoms with Crippen molar-refractivity contribution in [2.75, 3.05) is 0 Å². The number of rotatable bonds is 1. The number of carbonyl (C=O) groups is 1. The van der Waals surface area contributed by atoms with Crippen molar-refractivity contribution in [3.05, 3.63) is 11.6 Å². The van der Waals surface area contributed by atoms with Crippen LogP contribution in [0.4, 0.5) is 0 Å². The van der Waals surface area contributed by atoms with E-state index in [1.807, 2.05) is 0 Å². The van der Waals surface area contributed by atoms with Gasteiger partial charge in [-0.3, -0.25) is 0 Å². The molecule has 0 aliphatic rings. The van der Waals surface area contributed by atoms with E-state index in [0.29, 0.717) is 5.57 Å². The van der Waals surface area contributed by atoms with Gasteiger partial charge in [0.1, 0.15) is 0 Å². The lowest BCUT2D eigenvalue weighted by Crippen LogP contribution is -2.15. The van der Waals surface area contributed by atoms with E-state index in [9.17, 15) is 4.79 Å². The van der Waals surface area contributed by atoms with Crippen molar-refractivity contribution >= 4 is 88.6 Å². The van der Waals surface area contributed by atoms with Crippen LogP contribution in [0.2, 0.25) is 0 Å². The number of alkyl halides is 6. The van der Waals surface area contributed by atoms with Gasteiger partial charge in [-0.15, -0.1) is 0 Å². The third kappa shape index (κ3) is 7.77. The number of ether oxygens (including phenoxy) is 1. The Balaban J connectivity index is 4.46. The van der Waals surface area contributed by atoms with Crippen molar-refractivity contribution < 1.29 is 9.53 Å². The van der Waals surface area contributed by atoms with Gasteiger partial charge in [0.05, 0.1) is 0 Å². The number of halogens is 6. The van der Waals surface area contributed by atoms with E-state index >= 15 is 0 Å². The van der Waals surface area contributed by atoms with Gasteiger partial charge in [-0.05, 0) is 47.3 Å². The Morgan fingerprint density at radius 3 is 2.00 bits per heavy atom. The molecule has 0 heterocycles. The van der Waals surface area contributed by atoms with E-state index in [2.05, 4.69) is 52.5 Å². The maximum Gasteiger partial charge on any atom is 0.341 e. The van der Waals surface area contributed by atoms with Crippen LogP contribution in [-0.4, -0.2) is 12.1 Å². The molecule has 0 unspecified atom stereocenters. The summed E-state index contributed by atoms with van der Waals surface area (Å²) in [4.78, 5) is 11.1. The quantitative estimate of drug-likeness (QED) is 0.328. The van der Waals surface area contributed by atoms with Crippen molar-refractivity contribution in [1.29, 1.82) is 0 Å². The molecule has 0 N–H and O–H groups in total. The fraction of sp³-hybridized carbons (Fsp3) is 0.500. The van der Waals surface area contributed by atoms with Crippen molar-refractivity contribution in [3.8, 4) is 0 Å². The normalized spacial score (nSPS) is 14.1. The van der Waals surface area contributed by atoms with Gasteiger partial charge in [0.15, 0.2) is 2.14 Å². The maximum atomic E-state index is 11.1. The molecule has 0 aliphatic heterocycles. The van der Waals surface area contributed by atoms with Crippen molar-refractivity contribution in [1.82, 2.24) is 0 Å². The smallest absolute Gasteiger partial charge is 0.341 e. The first-order valence-corrected chi connectivity index (χ1v) is 6.59. The van der Waals surface area contributed by atoms with Crippen molar-refractivity contribution in [3.63, 3.8) is 0 Å². The Morgan fingerprint density at radius 2 is 1.71 bits per heavy atom. The zero-order chi connectivity index (χ0) is 11.6. The van der Waals surface area contributed by atoms with E-state index in [1.165, 1.54) is 6.08 Å². The van der Waals surface area contributed by atoms with Crippen LogP contribution in [0.3, 0.4) is 0 Å². The lowest BCUT2D eigenvalue weighted by Gasteiger charge is -2.14. The van der Waals surface area contributed by atoms with Gasteiger partial charge < -0.3 is 4.74 Å². The third-order valence-corrected chi connectivity index (χ3v) is 3.11. The fourth-order valence-corrected chi connectivity index (χ4v) is 0.974. The molecule has 0 atom stereocenters. The summed E-state index contributed by atoms with van der Waals surface area (Å²) in [5.41, 5.74) is 0.608. The minimum Gasteiger partial charge on any atom is -0.411 e. The zero-order valence-electron chi connectivity index (χ0n) is 6.66. The molecule has 0 spiro atoms. The summed E-state index contributed by atoms with van der Waals surface area (Å²) in [7, 11) is 0. The molecule has 0 fully saturated rings. The minimum absolute atomic E-state index is 0.608. The number of hydrogen-bond acceptors (Lipinski definition) is 2. The van der Waals surface area contributed by atoms with Crippen molar-refractivity contribution in [2.45, 2.75) is 13.0 Å². The molecule has 0 aromatic carbocycles. The summed E-state index contributed by atoms with van der Waals surface area (Å²) in [6.07, 6.45) is 1.18. The highest BCUT2D eigenvalue weighted by Crippen LogP contribution is 2.40. The topological polar surface area (TPSA) is 26.3 Å². The molecule has 0 aliphatic carbocycles.